The maximum Gasteiger partial charge on any atom is 0.0982 e. The summed E-state index contributed by atoms with van der Waals surface area (Å²) in [5, 5.41) is 0. The van der Waals surface area contributed by atoms with Gasteiger partial charge in [0.1, 0.15) is 0 Å². The molecule has 26 heavy (non-hydrogen) atoms. The Labute approximate surface area is 164 Å². The van der Waals surface area contributed by atoms with Crippen molar-refractivity contribution < 1.29 is 4.74 Å². The van der Waals surface area contributed by atoms with Gasteiger partial charge in [0.15, 0.2) is 0 Å². The van der Waals surface area contributed by atoms with Gasteiger partial charge in [-0.2, -0.15) is 0 Å². The van der Waals surface area contributed by atoms with Crippen LogP contribution in [0.15, 0.2) is 12.3 Å². The van der Waals surface area contributed by atoms with E-state index >= 15 is 0 Å². The molecule has 1 nitrogen and oxygen atoms in total. The molecule has 2 saturated carbocycles. The highest BCUT2D eigenvalue weighted by Crippen LogP contribution is 2.45. The van der Waals surface area contributed by atoms with Gasteiger partial charge < -0.3 is 4.74 Å². The molecule has 0 aromatic rings. The summed E-state index contributed by atoms with van der Waals surface area (Å²) in [5.74, 6) is 3.26. The molecule has 0 aromatic carbocycles. The van der Waals surface area contributed by atoms with E-state index in [1.807, 2.05) is 0 Å². The molecule has 2 atom stereocenters. The molecular formula is C25H46O. The Morgan fingerprint density at radius 1 is 0.769 bits per heavy atom. The molecule has 152 valence electrons. The fourth-order valence-corrected chi connectivity index (χ4v) is 4.76. The molecule has 2 aliphatic rings. The third kappa shape index (κ3) is 10.0. The van der Waals surface area contributed by atoms with Crippen molar-refractivity contribution in [3.63, 3.8) is 0 Å². The number of hydrogen-bond acceptors (Lipinski definition) is 1. The zero-order valence-electron chi connectivity index (χ0n) is 17.8. The summed E-state index contributed by atoms with van der Waals surface area (Å²) in [5.41, 5.74) is 0. The third-order valence-corrected chi connectivity index (χ3v) is 6.66. The van der Waals surface area contributed by atoms with Crippen molar-refractivity contribution in [2.24, 2.45) is 11.8 Å². The minimum atomic E-state index is 0.491. The van der Waals surface area contributed by atoms with Gasteiger partial charge in [-0.3, -0.25) is 0 Å². The molecule has 2 rings (SSSR count). The van der Waals surface area contributed by atoms with Gasteiger partial charge in [-0.1, -0.05) is 90.6 Å². The lowest BCUT2D eigenvalue weighted by Crippen LogP contribution is -2.06. The van der Waals surface area contributed by atoms with Crippen molar-refractivity contribution in [2.45, 2.75) is 135 Å². The molecule has 1 heteroatoms. The maximum atomic E-state index is 5.96. The van der Waals surface area contributed by atoms with E-state index in [1.165, 1.54) is 109 Å². The van der Waals surface area contributed by atoms with Crippen LogP contribution in [0.3, 0.4) is 0 Å². The summed E-state index contributed by atoms with van der Waals surface area (Å²) in [6, 6.07) is 0. The summed E-state index contributed by atoms with van der Waals surface area (Å²) in [7, 11) is 0. The molecule has 0 bridgehead atoms. The summed E-state index contributed by atoms with van der Waals surface area (Å²) >= 11 is 0. The smallest absolute Gasteiger partial charge is 0.0982 e. The van der Waals surface area contributed by atoms with Gasteiger partial charge in [0.25, 0.3) is 0 Å². The van der Waals surface area contributed by atoms with Gasteiger partial charge in [-0.05, 0) is 50.4 Å². The second-order valence-electron chi connectivity index (χ2n) is 9.18. The first kappa shape index (κ1) is 21.8. The number of hydrogen-bond donors (Lipinski definition) is 0. The lowest BCUT2D eigenvalue weighted by molar-refractivity contribution is 0.115. The lowest BCUT2D eigenvalue weighted by atomic mass is 10.0. The van der Waals surface area contributed by atoms with E-state index < -0.39 is 0 Å². The SMILES string of the molecule is C=C(CCCCCCCC1CC1CCCCCCCC)OC1CCCC1. The van der Waals surface area contributed by atoms with Crippen LogP contribution in [0, 0.1) is 11.8 Å². The van der Waals surface area contributed by atoms with Gasteiger partial charge in [-0.25, -0.2) is 0 Å². The Hall–Kier alpha value is -0.460. The van der Waals surface area contributed by atoms with Crippen LogP contribution in [-0.2, 0) is 4.74 Å². The molecule has 2 fully saturated rings. The molecule has 0 aromatic heterocycles. The van der Waals surface area contributed by atoms with Gasteiger partial charge in [-0.15, -0.1) is 0 Å². The van der Waals surface area contributed by atoms with Crippen LogP contribution >= 0.6 is 0 Å². The lowest BCUT2D eigenvalue weighted by Gasteiger charge is -2.15. The van der Waals surface area contributed by atoms with E-state index in [9.17, 15) is 0 Å². The van der Waals surface area contributed by atoms with E-state index in [4.69, 9.17) is 4.74 Å². The second kappa shape index (κ2) is 13.7. The predicted molar refractivity (Wildman–Crippen MR) is 114 cm³/mol. The van der Waals surface area contributed by atoms with E-state index in [1.54, 1.807) is 6.42 Å². The molecule has 0 spiro atoms. The molecule has 2 aliphatic carbocycles. The average molecular weight is 363 g/mol. The van der Waals surface area contributed by atoms with Gasteiger partial charge >= 0.3 is 0 Å². The largest absolute Gasteiger partial charge is 0.495 e. The van der Waals surface area contributed by atoms with Gasteiger partial charge in [0.05, 0.1) is 11.9 Å². The number of ether oxygens (including phenoxy) is 1. The number of rotatable bonds is 17. The predicted octanol–water partition coefficient (Wildman–Crippen LogP) is 8.58. The summed E-state index contributed by atoms with van der Waals surface area (Å²) in [6.07, 6.45) is 27.0. The van der Waals surface area contributed by atoms with E-state index in [0.29, 0.717) is 6.10 Å². The first-order chi connectivity index (χ1) is 12.8. The molecule has 0 radical (unpaired) electrons. The second-order valence-corrected chi connectivity index (χ2v) is 9.18. The first-order valence-electron chi connectivity index (χ1n) is 12.1. The van der Waals surface area contributed by atoms with Gasteiger partial charge in [0.2, 0.25) is 0 Å². The fourth-order valence-electron chi connectivity index (χ4n) is 4.76. The third-order valence-electron chi connectivity index (χ3n) is 6.66. The fraction of sp³-hybridized carbons (Fsp3) is 0.920. The monoisotopic (exact) mass is 362 g/mol. The standard InChI is InChI=1S/C25H46O/c1-3-4-5-6-9-12-17-23-21-24(23)18-13-10-7-8-11-16-22(2)26-25-19-14-15-20-25/h23-25H,2-21H2,1H3. The van der Waals surface area contributed by atoms with Crippen molar-refractivity contribution in [3.8, 4) is 0 Å². The van der Waals surface area contributed by atoms with Crippen LogP contribution < -0.4 is 0 Å². The Kier molecular flexibility index (Phi) is 11.5. The molecular weight excluding hydrogens is 316 g/mol. The van der Waals surface area contributed by atoms with Crippen LogP contribution in [-0.4, -0.2) is 6.10 Å². The number of unbranched alkanes of at least 4 members (excludes halogenated alkanes) is 9. The highest BCUT2D eigenvalue weighted by Gasteiger charge is 2.34. The zero-order valence-corrected chi connectivity index (χ0v) is 17.8. The minimum absolute atomic E-state index is 0.491. The summed E-state index contributed by atoms with van der Waals surface area (Å²) in [6.45, 7) is 6.42. The molecule has 0 heterocycles. The highest BCUT2D eigenvalue weighted by molar-refractivity contribution is 4.86. The van der Waals surface area contributed by atoms with E-state index in [-0.39, 0.29) is 0 Å². The van der Waals surface area contributed by atoms with Crippen LogP contribution in [0.4, 0.5) is 0 Å². The van der Waals surface area contributed by atoms with Crippen LogP contribution in [0.5, 0.6) is 0 Å². The van der Waals surface area contributed by atoms with E-state index in [2.05, 4.69) is 13.5 Å². The van der Waals surface area contributed by atoms with Crippen molar-refractivity contribution in [1.29, 1.82) is 0 Å². The average Bonchev–Trinajstić information content (AvgIpc) is 3.17. The molecule has 0 saturated heterocycles. The number of allylic oxidation sites excluding steroid dienone is 1. The highest BCUT2D eigenvalue weighted by atomic mass is 16.5. The molecule has 2 unspecified atom stereocenters. The van der Waals surface area contributed by atoms with Crippen molar-refractivity contribution in [1.82, 2.24) is 0 Å². The normalized spacial score (nSPS) is 22.7. The Morgan fingerprint density at radius 3 is 1.92 bits per heavy atom. The Bertz CT molecular complexity index is 355. The Balaban J connectivity index is 1.30. The van der Waals surface area contributed by atoms with Crippen LogP contribution in [0.2, 0.25) is 0 Å². The minimum Gasteiger partial charge on any atom is -0.495 e. The molecule has 0 amide bonds. The molecule has 0 aliphatic heterocycles. The van der Waals surface area contributed by atoms with Crippen LogP contribution in [0.1, 0.15) is 129 Å². The maximum absolute atomic E-state index is 5.96. The van der Waals surface area contributed by atoms with Crippen LogP contribution in [0.25, 0.3) is 0 Å². The van der Waals surface area contributed by atoms with E-state index in [0.717, 1.165) is 24.0 Å². The quantitative estimate of drug-likeness (QED) is 0.186. The Morgan fingerprint density at radius 2 is 1.31 bits per heavy atom. The van der Waals surface area contributed by atoms with Crippen molar-refractivity contribution in [3.05, 3.63) is 12.3 Å². The zero-order chi connectivity index (χ0) is 18.5. The topological polar surface area (TPSA) is 9.23 Å². The first-order valence-corrected chi connectivity index (χ1v) is 12.1. The summed E-state index contributed by atoms with van der Waals surface area (Å²) in [4.78, 5) is 0. The van der Waals surface area contributed by atoms with Gasteiger partial charge in [0, 0.05) is 6.42 Å². The van der Waals surface area contributed by atoms with Crippen molar-refractivity contribution in [2.75, 3.05) is 0 Å². The molecule has 0 N–H and O–H groups in total. The summed E-state index contributed by atoms with van der Waals surface area (Å²) < 4.78 is 5.96. The van der Waals surface area contributed by atoms with Crippen molar-refractivity contribution >= 4 is 0 Å².